The minimum atomic E-state index is 0.823. The molecule has 0 radical (unpaired) electrons. The molecule has 21 heavy (non-hydrogen) atoms. The average Bonchev–Trinajstić information content (AvgIpc) is 3.04. The Morgan fingerprint density at radius 3 is 2.33 bits per heavy atom. The fraction of sp³-hybridized carbons (Fsp3) is 0.647. The van der Waals surface area contributed by atoms with E-state index in [1.807, 2.05) is 23.9 Å². The first-order valence-corrected chi connectivity index (χ1v) is 9.52. The van der Waals surface area contributed by atoms with Gasteiger partial charge in [0.15, 0.2) is 0 Å². The van der Waals surface area contributed by atoms with Crippen LogP contribution in [0.2, 0.25) is 5.02 Å². The second-order valence-electron chi connectivity index (χ2n) is 6.12. The monoisotopic (exact) mass is 324 g/mol. The number of hydrogen-bond donors (Lipinski definition) is 0. The number of likely N-dealkylation sites (tertiary alicyclic amines) is 2. The Labute approximate surface area is 137 Å². The maximum absolute atomic E-state index is 5.91. The van der Waals surface area contributed by atoms with Crippen molar-refractivity contribution in [2.24, 2.45) is 0 Å². The largest absolute Gasteiger partial charge is 0.302 e. The molecule has 0 aliphatic carbocycles. The maximum atomic E-state index is 5.91. The van der Waals surface area contributed by atoms with Crippen molar-refractivity contribution >= 4 is 23.4 Å². The maximum Gasteiger partial charge on any atom is 0.0406 e. The van der Waals surface area contributed by atoms with E-state index in [0.29, 0.717) is 0 Å². The topological polar surface area (TPSA) is 6.48 Å². The average molecular weight is 325 g/mol. The van der Waals surface area contributed by atoms with Gasteiger partial charge < -0.3 is 9.80 Å². The molecular weight excluding hydrogens is 300 g/mol. The van der Waals surface area contributed by atoms with Crippen molar-refractivity contribution in [3.05, 3.63) is 29.3 Å². The summed E-state index contributed by atoms with van der Waals surface area (Å²) in [6.45, 7) is 6.46. The lowest BCUT2D eigenvalue weighted by Crippen LogP contribution is -2.44. The predicted molar refractivity (Wildman–Crippen MR) is 92.4 cm³/mol. The molecule has 0 spiro atoms. The normalized spacial score (nSPS) is 22.0. The lowest BCUT2D eigenvalue weighted by Gasteiger charge is -2.36. The molecular formula is C17H25ClN2S. The van der Waals surface area contributed by atoms with Crippen LogP contribution in [-0.2, 0) is 0 Å². The molecule has 0 N–H and O–H groups in total. The number of rotatable bonds is 5. The molecule has 0 amide bonds. The molecule has 3 rings (SSSR count). The molecule has 0 unspecified atom stereocenters. The minimum absolute atomic E-state index is 0.823. The molecule has 2 aliphatic heterocycles. The fourth-order valence-electron chi connectivity index (χ4n) is 3.44. The number of thioether (sulfide) groups is 1. The number of hydrogen-bond acceptors (Lipinski definition) is 3. The molecule has 0 aromatic heterocycles. The van der Waals surface area contributed by atoms with Crippen LogP contribution in [-0.4, -0.2) is 54.3 Å². The van der Waals surface area contributed by atoms with E-state index in [2.05, 4.69) is 21.9 Å². The highest BCUT2D eigenvalue weighted by atomic mass is 35.5. The summed E-state index contributed by atoms with van der Waals surface area (Å²) in [5, 5.41) is 0.823. The summed E-state index contributed by atoms with van der Waals surface area (Å²) in [5.41, 5.74) is 0. The summed E-state index contributed by atoms with van der Waals surface area (Å²) in [5.74, 6) is 1.18. The lowest BCUT2D eigenvalue weighted by atomic mass is 10.0. The van der Waals surface area contributed by atoms with E-state index in [4.69, 9.17) is 11.6 Å². The van der Waals surface area contributed by atoms with Gasteiger partial charge in [0.2, 0.25) is 0 Å². The number of nitrogens with zero attached hydrogens (tertiary/aromatic N) is 2. The van der Waals surface area contributed by atoms with E-state index < -0.39 is 0 Å². The second-order valence-corrected chi connectivity index (χ2v) is 7.72. The quantitative estimate of drug-likeness (QED) is 0.756. The number of halogens is 1. The Morgan fingerprint density at radius 1 is 1.00 bits per heavy atom. The Bertz CT molecular complexity index is 423. The molecule has 2 nitrogen and oxygen atoms in total. The van der Waals surface area contributed by atoms with Crippen molar-refractivity contribution < 1.29 is 0 Å². The summed E-state index contributed by atoms with van der Waals surface area (Å²) in [4.78, 5) is 6.68. The highest BCUT2D eigenvalue weighted by Gasteiger charge is 2.25. The van der Waals surface area contributed by atoms with Crippen molar-refractivity contribution in [3.8, 4) is 0 Å². The molecule has 2 saturated heterocycles. The van der Waals surface area contributed by atoms with Gasteiger partial charge in [0.1, 0.15) is 0 Å². The Kier molecular flexibility index (Phi) is 5.87. The molecule has 1 aromatic rings. The zero-order valence-corrected chi connectivity index (χ0v) is 14.2. The smallest absolute Gasteiger partial charge is 0.0406 e. The highest BCUT2D eigenvalue weighted by Crippen LogP contribution is 2.23. The Hall–Kier alpha value is -0.220. The standard InChI is InChI=1S/C17H25ClN2S/c18-15-3-5-17(6-4-15)21-14-13-19-11-7-16(8-12-19)20-9-1-2-10-20/h3-6,16H,1-2,7-14H2. The van der Waals surface area contributed by atoms with Crippen molar-refractivity contribution in [1.29, 1.82) is 0 Å². The van der Waals surface area contributed by atoms with Crippen LogP contribution in [0.4, 0.5) is 0 Å². The van der Waals surface area contributed by atoms with E-state index in [1.165, 1.54) is 69.1 Å². The molecule has 0 bridgehead atoms. The first-order chi connectivity index (χ1) is 10.3. The van der Waals surface area contributed by atoms with Crippen LogP contribution in [0, 0.1) is 0 Å². The van der Waals surface area contributed by atoms with Crippen molar-refractivity contribution in [1.82, 2.24) is 9.80 Å². The van der Waals surface area contributed by atoms with E-state index in [0.717, 1.165) is 11.1 Å². The van der Waals surface area contributed by atoms with Gasteiger partial charge >= 0.3 is 0 Å². The zero-order chi connectivity index (χ0) is 14.5. The molecule has 2 fully saturated rings. The van der Waals surface area contributed by atoms with Gasteiger partial charge in [-0.2, -0.15) is 0 Å². The van der Waals surface area contributed by atoms with E-state index in [9.17, 15) is 0 Å². The van der Waals surface area contributed by atoms with Crippen molar-refractivity contribution in [2.45, 2.75) is 36.6 Å². The summed E-state index contributed by atoms with van der Waals surface area (Å²) >= 11 is 7.85. The van der Waals surface area contributed by atoms with Gasteiger partial charge in [-0.05, 0) is 76.1 Å². The first-order valence-electron chi connectivity index (χ1n) is 8.16. The third kappa shape index (κ3) is 4.62. The summed E-state index contributed by atoms with van der Waals surface area (Å²) in [6, 6.07) is 9.06. The van der Waals surface area contributed by atoms with Gasteiger partial charge in [-0.1, -0.05) is 11.6 Å². The fourth-order valence-corrected chi connectivity index (χ4v) is 4.48. The van der Waals surface area contributed by atoms with Crippen molar-refractivity contribution in [2.75, 3.05) is 38.5 Å². The van der Waals surface area contributed by atoms with E-state index in [1.54, 1.807) is 0 Å². The molecule has 2 heterocycles. The van der Waals surface area contributed by atoms with Gasteiger partial charge in [-0.3, -0.25) is 0 Å². The first kappa shape index (κ1) is 15.7. The lowest BCUT2D eigenvalue weighted by molar-refractivity contribution is 0.131. The predicted octanol–water partition coefficient (Wildman–Crippen LogP) is 3.99. The molecule has 116 valence electrons. The molecule has 4 heteroatoms. The third-order valence-corrected chi connectivity index (χ3v) is 5.95. The zero-order valence-electron chi connectivity index (χ0n) is 12.6. The Morgan fingerprint density at radius 2 is 1.67 bits per heavy atom. The van der Waals surface area contributed by atoms with Crippen LogP contribution >= 0.6 is 23.4 Å². The van der Waals surface area contributed by atoms with Crippen molar-refractivity contribution in [3.63, 3.8) is 0 Å². The van der Waals surface area contributed by atoms with Crippen LogP contribution in [0.15, 0.2) is 29.2 Å². The summed E-state index contributed by atoms with van der Waals surface area (Å²) in [7, 11) is 0. The number of piperidine rings is 1. The minimum Gasteiger partial charge on any atom is -0.302 e. The molecule has 0 atom stereocenters. The van der Waals surface area contributed by atoms with Gasteiger partial charge in [0.05, 0.1) is 0 Å². The van der Waals surface area contributed by atoms with Crippen LogP contribution in [0.1, 0.15) is 25.7 Å². The molecule has 1 aromatic carbocycles. The van der Waals surface area contributed by atoms with Crippen LogP contribution in [0.5, 0.6) is 0 Å². The van der Waals surface area contributed by atoms with Gasteiger partial charge in [-0.25, -0.2) is 0 Å². The van der Waals surface area contributed by atoms with Crippen LogP contribution in [0.3, 0.4) is 0 Å². The van der Waals surface area contributed by atoms with Crippen LogP contribution in [0.25, 0.3) is 0 Å². The van der Waals surface area contributed by atoms with Gasteiger partial charge in [0, 0.05) is 28.3 Å². The highest BCUT2D eigenvalue weighted by molar-refractivity contribution is 7.99. The number of benzene rings is 1. The molecule has 2 aliphatic rings. The summed E-state index contributed by atoms with van der Waals surface area (Å²) in [6.07, 6.45) is 5.56. The Balaban J connectivity index is 1.34. The molecule has 0 saturated carbocycles. The van der Waals surface area contributed by atoms with Gasteiger partial charge in [-0.15, -0.1) is 11.8 Å². The third-order valence-electron chi connectivity index (χ3n) is 4.70. The van der Waals surface area contributed by atoms with E-state index in [-0.39, 0.29) is 0 Å². The van der Waals surface area contributed by atoms with Crippen LogP contribution < -0.4 is 0 Å². The SMILES string of the molecule is Clc1ccc(SCCN2CCC(N3CCCC3)CC2)cc1. The van der Waals surface area contributed by atoms with E-state index >= 15 is 0 Å². The summed E-state index contributed by atoms with van der Waals surface area (Å²) < 4.78 is 0. The second kappa shape index (κ2) is 7.87. The van der Waals surface area contributed by atoms with Gasteiger partial charge in [0.25, 0.3) is 0 Å².